The standard InChI is InChI=1S/C15H13ClFN3/c1-20-13-4-2-3-9(8-18)14(13)19-15(20)11-6-5-10(16)7-12(11)17/h2-7H,8,18H2,1H3. The van der Waals surface area contributed by atoms with Crippen LogP contribution >= 0.6 is 11.6 Å². The molecule has 3 nitrogen and oxygen atoms in total. The van der Waals surface area contributed by atoms with Crippen molar-refractivity contribution in [3.8, 4) is 11.4 Å². The average Bonchev–Trinajstić information content (AvgIpc) is 2.76. The lowest BCUT2D eigenvalue weighted by atomic mass is 10.2. The van der Waals surface area contributed by atoms with Gasteiger partial charge in [-0.3, -0.25) is 0 Å². The summed E-state index contributed by atoms with van der Waals surface area (Å²) in [6, 6.07) is 10.4. The van der Waals surface area contributed by atoms with Crippen molar-refractivity contribution in [2.24, 2.45) is 12.8 Å². The number of halogens is 2. The molecule has 3 aromatic rings. The maximum atomic E-state index is 14.1. The van der Waals surface area contributed by atoms with E-state index in [0.717, 1.165) is 16.6 Å². The van der Waals surface area contributed by atoms with Crippen LogP contribution in [0.2, 0.25) is 5.02 Å². The molecule has 2 aromatic carbocycles. The highest BCUT2D eigenvalue weighted by Crippen LogP contribution is 2.28. The number of rotatable bonds is 2. The maximum Gasteiger partial charge on any atom is 0.143 e. The normalized spacial score (nSPS) is 11.2. The minimum Gasteiger partial charge on any atom is -0.327 e. The van der Waals surface area contributed by atoms with Gasteiger partial charge in [-0.05, 0) is 29.8 Å². The van der Waals surface area contributed by atoms with Gasteiger partial charge in [0.05, 0.1) is 16.6 Å². The van der Waals surface area contributed by atoms with Crippen LogP contribution in [0.4, 0.5) is 4.39 Å². The molecule has 0 spiro atoms. The molecule has 2 N–H and O–H groups in total. The number of benzene rings is 2. The zero-order chi connectivity index (χ0) is 14.3. The predicted octanol–water partition coefficient (Wildman–Crippen LogP) is 3.49. The molecule has 0 aliphatic rings. The summed E-state index contributed by atoms with van der Waals surface area (Å²) in [4.78, 5) is 4.54. The van der Waals surface area contributed by atoms with Crippen molar-refractivity contribution >= 4 is 22.6 Å². The summed E-state index contributed by atoms with van der Waals surface area (Å²) >= 11 is 5.79. The Morgan fingerprint density at radius 2 is 2.10 bits per heavy atom. The molecule has 1 aromatic heterocycles. The number of aryl methyl sites for hydroxylation is 1. The monoisotopic (exact) mass is 289 g/mol. The molecule has 0 amide bonds. The van der Waals surface area contributed by atoms with Gasteiger partial charge in [-0.25, -0.2) is 9.37 Å². The Labute approximate surface area is 120 Å². The molecule has 20 heavy (non-hydrogen) atoms. The second-order valence-corrected chi connectivity index (χ2v) is 5.04. The fraction of sp³-hybridized carbons (Fsp3) is 0.133. The van der Waals surface area contributed by atoms with Crippen molar-refractivity contribution in [2.75, 3.05) is 0 Å². The van der Waals surface area contributed by atoms with Crippen LogP contribution in [0, 0.1) is 5.82 Å². The first-order valence-electron chi connectivity index (χ1n) is 6.21. The van der Waals surface area contributed by atoms with E-state index < -0.39 is 0 Å². The van der Waals surface area contributed by atoms with E-state index in [1.54, 1.807) is 12.1 Å². The largest absolute Gasteiger partial charge is 0.327 e. The van der Waals surface area contributed by atoms with Crippen molar-refractivity contribution in [1.29, 1.82) is 0 Å². The summed E-state index contributed by atoms with van der Waals surface area (Å²) in [6.45, 7) is 0.400. The van der Waals surface area contributed by atoms with Crippen LogP contribution < -0.4 is 5.73 Å². The highest BCUT2D eigenvalue weighted by molar-refractivity contribution is 6.30. The lowest BCUT2D eigenvalue weighted by Gasteiger charge is -2.04. The Kier molecular flexibility index (Phi) is 3.20. The molecule has 0 atom stereocenters. The highest BCUT2D eigenvalue weighted by Gasteiger charge is 2.15. The second-order valence-electron chi connectivity index (χ2n) is 4.61. The third-order valence-corrected chi connectivity index (χ3v) is 3.62. The molecule has 0 bridgehead atoms. The van der Waals surface area contributed by atoms with E-state index in [0.29, 0.717) is 23.0 Å². The summed E-state index contributed by atoms with van der Waals surface area (Å²) in [5, 5.41) is 0.368. The van der Waals surface area contributed by atoms with Crippen molar-refractivity contribution in [2.45, 2.75) is 6.54 Å². The predicted molar refractivity (Wildman–Crippen MR) is 79.0 cm³/mol. The molecule has 0 saturated carbocycles. The molecule has 0 saturated heterocycles. The van der Waals surface area contributed by atoms with Crippen molar-refractivity contribution in [3.63, 3.8) is 0 Å². The molecule has 5 heteroatoms. The van der Waals surface area contributed by atoms with E-state index in [1.807, 2.05) is 29.8 Å². The second kappa shape index (κ2) is 4.89. The van der Waals surface area contributed by atoms with Gasteiger partial charge < -0.3 is 10.3 Å². The van der Waals surface area contributed by atoms with Crippen LogP contribution in [0.25, 0.3) is 22.4 Å². The summed E-state index contributed by atoms with van der Waals surface area (Å²) in [7, 11) is 1.86. The van der Waals surface area contributed by atoms with Gasteiger partial charge in [0.1, 0.15) is 11.6 Å². The van der Waals surface area contributed by atoms with Crippen LogP contribution in [0.1, 0.15) is 5.56 Å². The van der Waals surface area contributed by atoms with Crippen LogP contribution in [0.3, 0.4) is 0 Å². The van der Waals surface area contributed by atoms with Gasteiger partial charge in [-0.2, -0.15) is 0 Å². The first-order valence-corrected chi connectivity index (χ1v) is 6.59. The van der Waals surface area contributed by atoms with Crippen LogP contribution in [0.15, 0.2) is 36.4 Å². The molecule has 3 rings (SSSR count). The van der Waals surface area contributed by atoms with Gasteiger partial charge in [0.25, 0.3) is 0 Å². The minimum absolute atomic E-state index is 0.368. The van der Waals surface area contributed by atoms with Crippen molar-refractivity contribution in [3.05, 3.63) is 52.8 Å². The number of para-hydroxylation sites is 1. The van der Waals surface area contributed by atoms with E-state index in [9.17, 15) is 4.39 Å². The Hall–Kier alpha value is -1.91. The zero-order valence-corrected chi connectivity index (χ0v) is 11.7. The first-order chi connectivity index (χ1) is 9.61. The smallest absolute Gasteiger partial charge is 0.143 e. The SMILES string of the molecule is Cn1c(-c2ccc(Cl)cc2F)nc2c(CN)cccc21. The Morgan fingerprint density at radius 1 is 1.30 bits per heavy atom. The molecule has 102 valence electrons. The number of imidazole rings is 1. The van der Waals surface area contributed by atoms with Gasteiger partial charge in [-0.15, -0.1) is 0 Å². The lowest BCUT2D eigenvalue weighted by Crippen LogP contribution is -1.97. The summed E-state index contributed by atoms with van der Waals surface area (Å²) in [5.41, 5.74) is 8.83. The van der Waals surface area contributed by atoms with Gasteiger partial charge >= 0.3 is 0 Å². The number of hydrogen-bond acceptors (Lipinski definition) is 2. The minimum atomic E-state index is -0.384. The number of hydrogen-bond donors (Lipinski definition) is 1. The van der Waals surface area contributed by atoms with Gasteiger partial charge in [0.2, 0.25) is 0 Å². The summed E-state index contributed by atoms with van der Waals surface area (Å²) < 4.78 is 15.9. The maximum absolute atomic E-state index is 14.1. The van der Waals surface area contributed by atoms with Gasteiger partial charge in [-0.1, -0.05) is 23.7 Å². The van der Waals surface area contributed by atoms with E-state index >= 15 is 0 Å². The molecule has 1 heterocycles. The molecular weight excluding hydrogens is 277 g/mol. The fourth-order valence-corrected chi connectivity index (χ4v) is 2.51. The molecule has 0 aliphatic heterocycles. The summed E-state index contributed by atoms with van der Waals surface area (Å²) in [6.07, 6.45) is 0. The molecule has 0 radical (unpaired) electrons. The van der Waals surface area contributed by atoms with E-state index in [1.165, 1.54) is 6.07 Å². The molecule has 0 unspecified atom stereocenters. The lowest BCUT2D eigenvalue weighted by molar-refractivity contribution is 0.629. The van der Waals surface area contributed by atoms with Gasteiger partial charge in [0.15, 0.2) is 0 Å². The fourth-order valence-electron chi connectivity index (χ4n) is 2.35. The topological polar surface area (TPSA) is 43.8 Å². The third-order valence-electron chi connectivity index (χ3n) is 3.39. The number of nitrogens with two attached hydrogens (primary N) is 1. The zero-order valence-electron chi connectivity index (χ0n) is 10.9. The van der Waals surface area contributed by atoms with Crippen LogP contribution in [-0.2, 0) is 13.6 Å². The number of fused-ring (bicyclic) bond motifs is 1. The van der Waals surface area contributed by atoms with Crippen molar-refractivity contribution < 1.29 is 4.39 Å². The quantitative estimate of drug-likeness (QED) is 0.785. The molecule has 0 fully saturated rings. The van der Waals surface area contributed by atoms with E-state index in [4.69, 9.17) is 17.3 Å². The van der Waals surface area contributed by atoms with Crippen LogP contribution in [-0.4, -0.2) is 9.55 Å². The Bertz CT molecular complexity index is 795. The number of nitrogens with zero attached hydrogens (tertiary/aromatic N) is 2. The highest BCUT2D eigenvalue weighted by atomic mass is 35.5. The van der Waals surface area contributed by atoms with Crippen molar-refractivity contribution in [1.82, 2.24) is 9.55 Å². The molecular formula is C15H13ClFN3. The first kappa shape index (κ1) is 13.1. The molecule has 0 aliphatic carbocycles. The number of aromatic nitrogens is 2. The third kappa shape index (κ3) is 1.97. The van der Waals surface area contributed by atoms with Crippen LogP contribution in [0.5, 0.6) is 0 Å². The van der Waals surface area contributed by atoms with E-state index in [-0.39, 0.29) is 5.82 Å². The Balaban J connectivity index is 2.29. The Morgan fingerprint density at radius 3 is 2.80 bits per heavy atom. The summed E-state index contributed by atoms with van der Waals surface area (Å²) in [5.74, 6) is 0.181. The van der Waals surface area contributed by atoms with Gasteiger partial charge in [0, 0.05) is 18.6 Å². The average molecular weight is 290 g/mol. The van der Waals surface area contributed by atoms with E-state index in [2.05, 4.69) is 4.98 Å².